The van der Waals surface area contributed by atoms with Crippen molar-refractivity contribution < 1.29 is 4.79 Å². The molecule has 24 heavy (non-hydrogen) atoms. The van der Waals surface area contributed by atoms with Gasteiger partial charge in [-0.2, -0.15) is 0 Å². The highest BCUT2D eigenvalue weighted by molar-refractivity contribution is 7.22. The third-order valence-corrected chi connectivity index (χ3v) is 4.57. The van der Waals surface area contributed by atoms with Gasteiger partial charge in [-0.3, -0.25) is 10.1 Å². The molecule has 0 atom stereocenters. The number of carbonyl (C=O) groups is 1. The number of nitrogens with one attached hydrogen (secondary N) is 2. The van der Waals surface area contributed by atoms with E-state index in [1.807, 2.05) is 29.8 Å². The average Bonchev–Trinajstić information content (AvgIpc) is 3.18. The second kappa shape index (κ2) is 5.57. The van der Waals surface area contributed by atoms with Crippen molar-refractivity contribution in [2.45, 2.75) is 0 Å². The topological polar surface area (TPSA) is 84.7 Å². The number of aromatic nitrogens is 4. The molecular formula is C16H14N6OS. The number of benzene rings is 1. The van der Waals surface area contributed by atoms with Gasteiger partial charge in [0.2, 0.25) is 0 Å². The SMILES string of the molecule is CNc1nc2sc(NC(=O)c3ccccc3)nc2c2c1ncn2C. The van der Waals surface area contributed by atoms with Gasteiger partial charge in [0.1, 0.15) is 21.4 Å². The number of nitrogens with zero attached hydrogens (tertiary/aromatic N) is 4. The fourth-order valence-electron chi connectivity index (χ4n) is 2.57. The number of pyridine rings is 1. The Kier molecular flexibility index (Phi) is 3.39. The minimum absolute atomic E-state index is 0.190. The Morgan fingerprint density at radius 1 is 1.17 bits per heavy atom. The first-order valence-electron chi connectivity index (χ1n) is 7.33. The van der Waals surface area contributed by atoms with E-state index >= 15 is 0 Å². The molecule has 1 amide bonds. The molecule has 0 aliphatic heterocycles. The van der Waals surface area contributed by atoms with Gasteiger partial charge in [-0.25, -0.2) is 15.0 Å². The summed E-state index contributed by atoms with van der Waals surface area (Å²) >= 11 is 1.34. The first kappa shape index (κ1) is 14.6. The number of fused-ring (bicyclic) bond motifs is 3. The summed E-state index contributed by atoms with van der Waals surface area (Å²) in [5.74, 6) is 0.507. The zero-order chi connectivity index (χ0) is 16.7. The van der Waals surface area contributed by atoms with E-state index in [-0.39, 0.29) is 5.91 Å². The summed E-state index contributed by atoms with van der Waals surface area (Å²) in [6, 6.07) is 9.05. The highest BCUT2D eigenvalue weighted by Crippen LogP contribution is 2.33. The van der Waals surface area contributed by atoms with Crippen molar-refractivity contribution in [3.8, 4) is 0 Å². The lowest BCUT2D eigenvalue weighted by Crippen LogP contribution is -2.11. The number of carbonyl (C=O) groups excluding carboxylic acids is 1. The molecule has 0 unspecified atom stereocenters. The standard InChI is InChI=1S/C16H14N6OS/c1-17-13-10-12(22(2)8-18-10)11-15(20-13)24-16(19-11)21-14(23)9-6-4-3-5-7-9/h3-8H,1-2H3,(H,17,20)(H,19,21,23). The number of aryl methyl sites for hydroxylation is 1. The van der Waals surface area contributed by atoms with Gasteiger partial charge in [0.25, 0.3) is 5.91 Å². The Morgan fingerprint density at radius 2 is 1.96 bits per heavy atom. The molecule has 3 heterocycles. The predicted molar refractivity (Wildman–Crippen MR) is 95.6 cm³/mol. The van der Waals surface area contributed by atoms with Crippen LogP contribution in [0.3, 0.4) is 0 Å². The van der Waals surface area contributed by atoms with Crippen LogP contribution in [-0.4, -0.2) is 32.5 Å². The van der Waals surface area contributed by atoms with Crippen LogP contribution in [0, 0.1) is 0 Å². The van der Waals surface area contributed by atoms with Crippen molar-refractivity contribution in [2.75, 3.05) is 17.7 Å². The number of thiazole rings is 1. The summed E-state index contributed by atoms with van der Waals surface area (Å²) in [6.07, 6.45) is 1.73. The number of hydrogen-bond acceptors (Lipinski definition) is 6. The molecule has 4 rings (SSSR count). The summed E-state index contributed by atoms with van der Waals surface area (Å²) in [5.41, 5.74) is 2.98. The Labute approximate surface area is 141 Å². The fourth-order valence-corrected chi connectivity index (χ4v) is 3.41. The summed E-state index contributed by atoms with van der Waals surface area (Å²) in [6.45, 7) is 0. The van der Waals surface area contributed by atoms with E-state index in [1.54, 1.807) is 25.5 Å². The third-order valence-electron chi connectivity index (χ3n) is 3.70. The maximum atomic E-state index is 12.3. The number of amides is 1. The fraction of sp³-hybridized carbons (Fsp3) is 0.125. The van der Waals surface area contributed by atoms with Crippen LogP contribution in [0.25, 0.3) is 21.4 Å². The Balaban J connectivity index is 1.80. The van der Waals surface area contributed by atoms with Crippen LogP contribution in [0.2, 0.25) is 0 Å². The van der Waals surface area contributed by atoms with E-state index in [9.17, 15) is 4.79 Å². The molecule has 0 radical (unpaired) electrons. The van der Waals surface area contributed by atoms with Gasteiger partial charge in [-0.1, -0.05) is 29.5 Å². The molecule has 4 aromatic rings. The number of rotatable bonds is 3. The largest absolute Gasteiger partial charge is 0.371 e. The van der Waals surface area contributed by atoms with Gasteiger partial charge in [0.05, 0.1) is 6.33 Å². The normalized spacial score (nSPS) is 11.1. The molecule has 0 bridgehead atoms. The van der Waals surface area contributed by atoms with Crippen LogP contribution in [0.5, 0.6) is 0 Å². The molecular weight excluding hydrogens is 324 g/mol. The van der Waals surface area contributed by atoms with Crippen molar-refractivity contribution in [3.05, 3.63) is 42.2 Å². The lowest BCUT2D eigenvalue weighted by atomic mass is 10.2. The number of imidazole rings is 1. The van der Waals surface area contributed by atoms with Crippen LogP contribution in [0.1, 0.15) is 10.4 Å². The number of anilines is 2. The smallest absolute Gasteiger partial charge is 0.257 e. The maximum absolute atomic E-state index is 12.3. The Bertz CT molecular complexity index is 1050. The quantitative estimate of drug-likeness (QED) is 0.600. The van der Waals surface area contributed by atoms with E-state index in [1.165, 1.54) is 11.3 Å². The zero-order valence-electron chi connectivity index (χ0n) is 13.1. The monoisotopic (exact) mass is 338 g/mol. The van der Waals surface area contributed by atoms with Crippen LogP contribution >= 0.6 is 11.3 Å². The summed E-state index contributed by atoms with van der Waals surface area (Å²) in [5, 5.41) is 6.41. The molecule has 120 valence electrons. The molecule has 0 aliphatic rings. The molecule has 1 aromatic carbocycles. The van der Waals surface area contributed by atoms with Gasteiger partial charge in [0, 0.05) is 19.7 Å². The van der Waals surface area contributed by atoms with Gasteiger partial charge in [0.15, 0.2) is 10.9 Å². The first-order valence-corrected chi connectivity index (χ1v) is 8.14. The Hall–Kier alpha value is -3.00. The summed E-state index contributed by atoms with van der Waals surface area (Å²) in [4.78, 5) is 26.5. The van der Waals surface area contributed by atoms with Crippen molar-refractivity contribution in [3.63, 3.8) is 0 Å². The van der Waals surface area contributed by atoms with Crippen LogP contribution in [0.15, 0.2) is 36.7 Å². The van der Waals surface area contributed by atoms with Crippen molar-refractivity contribution in [1.82, 2.24) is 19.5 Å². The highest BCUT2D eigenvalue weighted by Gasteiger charge is 2.17. The summed E-state index contributed by atoms with van der Waals surface area (Å²) < 4.78 is 1.91. The third kappa shape index (κ3) is 2.28. The van der Waals surface area contributed by atoms with E-state index < -0.39 is 0 Å². The van der Waals surface area contributed by atoms with E-state index in [4.69, 9.17) is 0 Å². The minimum Gasteiger partial charge on any atom is -0.371 e. The molecule has 0 saturated carbocycles. The minimum atomic E-state index is -0.190. The molecule has 0 saturated heterocycles. The first-order chi connectivity index (χ1) is 11.7. The van der Waals surface area contributed by atoms with E-state index in [0.717, 1.165) is 21.4 Å². The molecule has 0 fully saturated rings. The van der Waals surface area contributed by atoms with Gasteiger partial charge >= 0.3 is 0 Å². The number of hydrogen-bond donors (Lipinski definition) is 2. The van der Waals surface area contributed by atoms with Crippen LogP contribution in [0.4, 0.5) is 10.9 Å². The van der Waals surface area contributed by atoms with E-state index in [0.29, 0.717) is 16.5 Å². The second-order valence-corrected chi connectivity index (χ2v) is 6.23. The lowest BCUT2D eigenvalue weighted by molar-refractivity contribution is 0.102. The molecule has 0 spiro atoms. The maximum Gasteiger partial charge on any atom is 0.257 e. The molecule has 3 aromatic heterocycles. The molecule has 8 heteroatoms. The van der Waals surface area contributed by atoms with Gasteiger partial charge in [-0.15, -0.1) is 0 Å². The second-order valence-electron chi connectivity index (χ2n) is 5.26. The van der Waals surface area contributed by atoms with Crippen molar-refractivity contribution in [2.24, 2.45) is 7.05 Å². The lowest BCUT2D eigenvalue weighted by Gasteiger charge is -2.01. The van der Waals surface area contributed by atoms with Gasteiger partial charge < -0.3 is 9.88 Å². The van der Waals surface area contributed by atoms with Gasteiger partial charge in [-0.05, 0) is 12.1 Å². The average molecular weight is 338 g/mol. The molecule has 0 aliphatic carbocycles. The molecule has 7 nitrogen and oxygen atoms in total. The predicted octanol–water partition coefficient (Wildman–Crippen LogP) is 2.87. The molecule has 2 N–H and O–H groups in total. The van der Waals surface area contributed by atoms with Crippen molar-refractivity contribution >= 4 is 49.6 Å². The van der Waals surface area contributed by atoms with Crippen LogP contribution in [-0.2, 0) is 7.05 Å². The van der Waals surface area contributed by atoms with E-state index in [2.05, 4.69) is 25.6 Å². The highest BCUT2D eigenvalue weighted by atomic mass is 32.1. The van der Waals surface area contributed by atoms with Crippen molar-refractivity contribution in [1.29, 1.82) is 0 Å². The Morgan fingerprint density at radius 3 is 2.71 bits per heavy atom. The zero-order valence-corrected chi connectivity index (χ0v) is 13.9. The summed E-state index contributed by atoms with van der Waals surface area (Å²) in [7, 11) is 3.72. The van der Waals surface area contributed by atoms with Crippen LogP contribution < -0.4 is 10.6 Å².